The minimum absolute atomic E-state index is 0.0494. The number of fused-ring (bicyclic) bond motifs is 1. The topological polar surface area (TPSA) is 66.5 Å². The lowest BCUT2D eigenvalue weighted by molar-refractivity contribution is -0.119. The van der Waals surface area contributed by atoms with E-state index in [4.69, 9.17) is 17.0 Å². The number of rotatable bonds is 6. The van der Waals surface area contributed by atoms with Gasteiger partial charge in [-0.1, -0.05) is 31.1 Å². The van der Waals surface area contributed by atoms with E-state index in [9.17, 15) is 4.79 Å². The number of ether oxygens (including phenoxy) is 1. The lowest BCUT2D eigenvalue weighted by atomic mass is 10.2. The van der Waals surface area contributed by atoms with Gasteiger partial charge >= 0.3 is 0 Å². The first-order valence-electron chi connectivity index (χ1n) is 9.00. The number of carbonyl (C=O) groups is 1. The lowest BCUT2D eigenvalue weighted by Crippen LogP contribution is -2.36. The molecule has 1 aromatic heterocycles. The summed E-state index contributed by atoms with van der Waals surface area (Å²) < 4.78 is 6.50. The van der Waals surface area contributed by atoms with E-state index in [-0.39, 0.29) is 5.91 Å². The second-order valence-corrected chi connectivity index (χ2v) is 7.67. The van der Waals surface area contributed by atoms with Crippen LogP contribution in [0.3, 0.4) is 0 Å². The third kappa shape index (κ3) is 5.12. The zero-order valence-corrected chi connectivity index (χ0v) is 16.5. The van der Waals surface area contributed by atoms with Crippen molar-refractivity contribution in [2.45, 2.75) is 32.6 Å². The van der Waals surface area contributed by atoms with Crippen LogP contribution >= 0.6 is 23.6 Å². The van der Waals surface area contributed by atoms with E-state index in [0.717, 1.165) is 55.8 Å². The number of amides is 1. The van der Waals surface area contributed by atoms with Crippen molar-refractivity contribution in [3.05, 3.63) is 18.2 Å². The Morgan fingerprint density at radius 3 is 2.92 bits per heavy atom. The number of hydrogen-bond acceptors (Lipinski definition) is 6. The molecule has 2 aromatic rings. The number of unbranched alkanes of at least 4 members (excludes halogenated alkanes) is 2. The molecule has 2 heterocycles. The number of nitrogens with zero attached hydrogens (tertiary/aromatic N) is 2. The van der Waals surface area contributed by atoms with Gasteiger partial charge in [-0.3, -0.25) is 4.79 Å². The predicted molar refractivity (Wildman–Crippen MR) is 111 cm³/mol. The van der Waals surface area contributed by atoms with Crippen LogP contribution in [0.4, 0.5) is 10.8 Å². The highest BCUT2D eigenvalue weighted by molar-refractivity contribution is 7.80. The molecule has 140 valence electrons. The van der Waals surface area contributed by atoms with Crippen LogP contribution in [0, 0.1) is 0 Å². The Morgan fingerprint density at radius 2 is 2.15 bits per heavy atom. The zero-order chi connectivity index (χ0) is 18.4. The molecule has 1 amide bonds. The summed E-state index contributed by atoms with van der Waals surface area (Å²) in [5.74, 6) is -0.0494. The number of carbonyl (C=O) groups excluding carboxylic acids is 1. The van der Waals surface area contributed by atoms with Gasteiger partial charge in [0.1, 0.15) is 0 Å². The summed E-state index contributed by atoms with van der Waals surface area (Å²) in [6, 6.07) is 6.26. The molecule has 1 saturated heterocycles. The fourth-order valence-electron chi connectivity index (χ4n) is 2.84. The number of morpholine rings is 1. The SMILES string of the molecule is CCCCCC(=O)NC(=S)Nc1nc2ccc(N3CCOCC3)cc2s1. The van der Waals surface area contributed by atoms with Crippen molar-refractivity contribution in [3.63, 3.8) is 0 Å². The van der Waals surface area contributed by atoms with E-state index in [1.165, 1.54) is 17.0 Å². The van der Waals surface area contributed by atoms with E-state index < -0.39 is 0 Å². The second-order valence-electron chi connectivity index (χ2n) is 6.23. The molecule has 8 heteroatoms. The number of thiocarbonyl (C=S) groups is 1. The lowest BCUT2D eigenvalue weighted by Gasteiger charge is -2.28. The first-order valence-corrected chi connectivity index (χ1v) is 10.2. The van der Waals surface area contributed by atoms with Gasteiger partial charge in [0.05, 0.1) is 23.4 Å². The zero-order valence-electron chi connectivity index (χ0n) is 14.9. The molecule has 1 aliphatic heterocycles. The van der Waals surface area contributed by atoms with Crippen molar-refractivity contribution >= 4 is 55.6 Å². The van der Waals surface area contributed by atoms with E-state index in [2.05, 4.69) is 39.6 Å². The van der Waals surface area contributed by atoms with E-state index in [1.54, 1.807) is 0 Å². The minimum Gasteiger partial charge on any atom is -0.378 e. The van der Waals surface area contributed by atoms with Gasteiger partial charge in [0.2, 0.25) is 5.91 Å². The van der Waals surface area contributed by atoms with E-state index in [0.29, 0.717) is 16.7 Å². The summed E-state index contributed by atoms with van der Waals surface area (Å²) in [6.45, 7) is 5.45. The number of anilines is 2. The molecule has 0 radical (unpaired) electrons. The molecular weight excluding hydrogens is 368 g/mol. The first-order chi connectivity index (χ1) is 12.7. The third-order valence-corrected chi connectivity index (χ3v) is 5.37. The molecule has 0 unspecified atom stereocenters. The van der Waals surface area contributed by atoms with Crippen molar-refractivity contribution in [2.24, 2.45) is 0 Å². The van der Waals surface area contributed by atoms with Crippen LogP contribution in [-0.4, -0.2) is 42.3 Å². The summed E-state index contributed by atoms with van der Waals surface area (Å²) in [6.07, 6.45) is 3.53. The minimum atomic E-state index is -0.0494. The highest BCUT2D eigenvalue weighted by Crippen LogP contribution is 2.30. The van der Waals surface area contributed by atoms with Crippen LogP contribution in [0.2, 0.25) is 0 Å². The smallest absolute Gasteiger partial charge is 0.226 e. The predicted octanol–water partition coefficient (Wildman–Crippen LogP) is 3.53. The summed E-state index contributed by atoms with van der Waals surface area (Å²) in [5.41, 5.74) is 2.11. The van der Waals surface area contributed by atoms with Crippen molar-refractivity contribution in [3.8, 4) is 0 Å². The average molecular weight is 393 g/mol. The number of aromatic nitrogens is 1. The van der Waals surface area contributed by atoms with E-state index in [1.807, 2.05) is 6.07 Å². The number of hydrogen-bond donors (Lipinski definition) is 2. The third-order valence-electron chi connectivity index (χ3n) is 4.23. The largest absolute Gasteiger partial charge is 0.378 e. The Labute approximate surface area is 162 Å². The fourth-order valence-corrected chi connectivity index (χ4v) is 4.02. The molecule has 0 aliphatic carbocycles. The molecule has 1 fully saturated rings. The molecule has 0 saturated carbocycles. The van der Waals surface area contributed by atoms with Crippen molar-refractivity contribution in [1.29, 1.82) is 0 Å². The first kappa shape index (κ1) is 19.0. The maximum atomic E-state index is 11.8. The maximum absolute atomic E-state index is 11.8. The van der Waals surface area contributed by atoms with Gasteiger partial charge in [0.25, 0.3) is 0 Å². The van der Waals surface area contributed by atoms with Crippen LogP contribution in [0.15, 0.2) is 18.2 Å². The van der Waals surface area contributed by atoms with Crippen molar-refractivity contribution < 1.29 is 9.53 Å². The Hall–Kier alpha value is -1.77. The molecule has 1 aromatic carbocycles. The highest BCUT2D eigenvalue weighted by atomic mass is 32.1. The van der Waals surface area contributed by atoms with Crippen LogP contribution < -0.4 is 15.5 Å². The molecule has 2 N–H and O–H groups in total. The van der Waals surface area contributed by atoms with Gasteiger partial charge in [-0.2, -0.15) is 0 Å². The number of benzene rings is 1. The van der Waals surface area contributed by atoms with Crippen LogP contribution in [-0.2, 0) is 9.53 Å². The van der Waals surface area contributed by atoms with Gasteiger partial charge < -0.3 is 20.3 Å². The van der Waals surface area contributed by atoms with Gasteiger partial charge in [0.15, 0.2) is 10.2 Å². The highest BCUT2D eigenvalue weighted by Gasteiger charge is 2.13. The number of thiazole rings is 1. The molecule has 3 rings (SSSR count). The van der Waals surface area contributed by atoms with Gasteiger partial charge in [-0.15, -0.1) is 0 Å². The van der Waals surface area contributed by atoms with Crippen molar-refractivity contribution in [2.75, 3.05) is 36.5 Å². The van der Waals surface area contributed by atoms with Gasteiger partial charge in [-0.25, -0.2) is 4.98 Å². The molecule has 6 nitrogen and oxygen atoms in total. The van der Waals surface area contributed by atoms with Crippen LogP contribution in [0.25, 0.3) is 10.2 Å². The molecule has 0 atom stereocenters. The summed E-state index contributed by atoms with van der Waals surface area (Å²) in [7, 11) is 0. The Morgan fingerprint density at radius 1 is 1.35 bits per heavy atom. The molecule has 0 bridgehead atoms. The fraction of sp³-hybridized carbons (Fsp3) is 0.500. The van der Waals surface area contributed by atoms with Gasteiger partial charge in [0, 0.05) is 25.2 Å². The molecule has 1 aliphatic rings. The molecule has 26 heavy (non-hydrogen) atoms. The Kier molecular flexibility index (Phi) is 6.76. The van der Waals surface area contributed by atoms with Crippen LogP contribution in [0.5, 0.6) is 0 Å². The monoisotopic (exact) mass is 392 g/mol. The van der Waals surface area contributed by atoms with E-state index >= 15 is 0 Å². The quantitative estimate of drug-likeness (QED) is 0.579. The van der Waals surface area contributed by atoms with Gasteiger partial charge in [-0.05, 0) is 36.8 Å². The van der Waals surface area contributed by atoms with Crippen molar-refractivity contribution in [1.82, 2.24) is 10.3 Å². The summed E-state index contributed by atoms with van der Waals surface area (Å²) in [4.78, 5) is 18.7. The molecular formula is C18H24N4O2S2. The average Bonchev–Trinajstić information content (AvgIpc) is 3.03. The Balaban J connectivity index is 1.59. The summed E-state index contributed by atoms with van der Waals surface area (Å²) in [5, 5.41) is 6.74. The standard InChI is InChI=1S/C18H24N4O2S2/c1-2-3-4-5-16(23)20-17(25)21-18-19-14-7-6-13(12-15(14)26-18)22-8-10-24-11-9-22/h6-7,12H,2-5,8-11H2,1H3,(H2,19,20,21,23,25). The second kappa shape index (κ2) is 9.25. The molecule has 0 spiro atoms. The maximum Gasteiger partial charge on any atom is 0.226 e. The summed E-state index contributed by atoms with van der Waals surface area (Å²) >= 11 is 6.76. The normalized spacial score (nSPS) is 14.4. The van der Waals surface area contributed by atoms with Crippen LogP contribution in [0.1, 0.15) is 32.6 Å². The Bertz CT molecular complexity index is 772. The number of nitrogens with one attached hydrogen (secondary N) is 2.